The Kier molecular flexibility index (Phi) is 9.00. The Labute approximate surface area is 215 Å². The highest BCUT2D eigenvalue weighted by Crippen LogP contribution is 2.37. The van der Waals surface area contributed by atoms with Gasteiger partial charge in [-0.2, -0.15) is 0 Å². The van der Waals surface area contributed by atoms with E-state index in [-0.39, 0.29) is 18.5 Å². The largest absolute Gasteiger partial charge is 0.487 e. The molecular weight excluding hydrogens is 456 g/mol. The van der Waals surface area contributed by atoms with Crippen LogP contribution in [-0.2, 0) is 9.53 Å². The number of aryl methyl sites for hydroxylation is 1. The Hall–Kier alpha value is -3.28. The van der Waals surface area contributed by atoms with E-state index in [0.717, 1.165) is 5.56 Å². The summed E-state index contributed by atoms with van der Waals surface area (Å²) in [7, 11) is 0. The summed E-state index contributed by atoms with van der Waals surface area (Å²) in [4.78, 5) is 24.8. The molecule has 0 saturated heterocycles. The lowest BCUT2D eigenvalue weighted by Gasteiger charge is -2.27. The van der Waals surface area contributed by atoms with Gasteiger partial charge in [0.1, 0.15) is 28.5 Å². The van der Waals surface area contributed by atoms with Crippen molar-refractivity contribution in [1.29, 1.82) is 0 Å². The first kappa shape index (κ1) is 29.0. The van der Waals surface area contributed by atoms with Crippen LogP contribution < -0.4 is 14.2 Å². The SMILES string of the molecule is Cc1ccc(OC(C)(C)C)c(/C=C/C(=O)c2ccc(OCOC(=O)C(C)(C)C)cc2)c1OC(C)(C)C. The van der Waals surface area contributed by atoms with Gasteiger partial charge in [0.2, 0.25) is 6.79 Å². The third-order valence-electron chi connectivity index (χ3n) is 4.75. The predicted octanol–water partition coefficient (Wildman–Crippen LogP) is 7.17. The number of rotatable bonds is 8. The molecule has 2 aromatic rings. The molecule has 0 heterocycles. The fraction of sp³-hybridized carbons (Fsp3) is 0.467. The van der Waals surface area contributed by atoms with Crippen molar-refractivity contribution in [3.8, 4) is 17.2 Å². The molecule has 0 amide bonds. The van der Waals surface area contributed by atoms with E-state index in [1.165, 1.54) is 6.08 Å². The number of carbonyl (C=O) groups is 2. The molecule has 0 aromatic heterocycles. The van der Waals surface area contributed by atoms with Crippen molar-refractivity contribution >= 4 is 17.8 Å². The number of esters is 1. The van der Waals surface area contributed by atoms with E-state index in [0.29, 0.717) is 28.4 Å². The van der Waals surface area contributed by atoms with Crippen LogP contribution in [0.15, 0.2) is 42.5 Å². The summed E-state index contributed by atoms with van der Waals surface area (Å²) < 4.78 is 23.0. The molecule has 0 aliphatic rings. The maximum Gasteiger partial charge on any atom is 0.314 e. The summed E-state index contributed by atoms with van der Waals surface area (Å²) in [5.74, 6) is 1.30. The quantitative estimate of drug-likeness (QED) is 0.167. The fourth-order valence-corrected chi connectivity index (χ4v) is 3.05. The second-order valence-electron chi connectivity index (χ2n) is 11.7. The average Bonchev–Trinajstić information content (AvgIpc) is 2.73. The lowest BCUT2D eigenvalue weighted by Crippen LogP contribution is -2.25. The predicted molar refractivity (Wildman–Crippen MR) is 143 cm³/mol. The van der Waals surface area contributed by atoms with Gasteiger partial charge in [-0.15, -0.1) is 0 Å². The Morgan fingerprint density at radius 2 is 1.39 bits per heavy atom. The third kappa shape index (κ3) is 9.06. The normalized spacial score (nSPS) is 12.4. The van der Waals surface area contributed by atoms with E-state index < -0.39 is 16.6 Å². The molecule has 0 spiro atoms. The van der Waals surface area contributed by atoms with Gasteiger partial charge in [0, 0.05) is 5.56 Å². The molecule has 0 radical (unpaired) electrons. The summed E-state index contributed by atoms with van der Waals surface area (Å²) in [5.41, 5.74) is 0.723. The molecule has 0 N–H and O–H groups in total. The van der Waals surface area contributed by atoms with Gasteiger partial charge >= 0.3 is 5.97 Å². The lowest BCUT2D eigenvalue weighted by molar-refractivity contribution is -0.159. The molecule has 0 aliphatic carbocycles. The van der Waals surface area contributed by atoms with Crippen LogP contribution in [-0.4, -0.2) is 29.7 Å². The van der Waals surface area contributed by atoms with Crippen LogP contribution >= 0.6 is 0 Å². The first-order valence-corrected chi connectivity index (χ1v) is 12.1. The number of hydrogen-bond acceptors (Lipinski definition) is 6. The van der Waals surface area contributed by atoms with Crippen LogP contribution in [0.3, 0.4) is 0 Å². The highest BCUT2D eigenvalue weighted by atomic mass is 16.7. The van der Waals surface area contributed by atoms with Crippen LogP contribution in [0.25, 0.3) is 6.08 Å². The van der Waals surface area contributed by atoms with Gasteiger partial charge in [-0.3, -0.25) is 9.59 Å². The maximum absolute atomic E-state index is 12.9. The molecule has 0 saturated carbocycles. The second kappa shape index (κ2) is 11.2. The number of carbonyl (C=O) groups excluding carboxylic acids is 2. The smallest absolute Gasteiger partial charge is 0.314 e. The molecule has 2 aromatic carbocycles. The zero-order valence-electron chi connectivity index (χ0n) is 23.3. The lowest BCUT2D eigenvalue weighted by atomic mass is 9.98. The van der Waals surface area contributed by atoms with Crippen molar-refractivity contribution in [2.45, 2.75) is 80.4 Å². The van der Waals surface area contributed by atoms with Crippen LogP contribution in [0, 0.1) is 12.3 Å². The second-order valence-corrected chi connectivity index (χ2v) is 11.7. The molecule has 0 unspecified atom stereocenters. The average molecular weight is 497 g/mol. The van der Waals surface area contributed by atoms with Gasteiger partial charge in [-0.05, 0) is 117 Å². The summed E-state index contributed by atoms with van der Waals surface area (Å²) in [6, 6.07) is 10.5. The van der Waals surface area contributed by atoms with E-state index in [1.54, 1.807) is 51.1 Å². The first-order valence-electron chi connectivity index (χ1n) is 12.1. The van der Waals surface area contributed by atoms with Crippen molar-refractivity contribution < 1.29 is 28.5 Å². The van der Waals surface area contributed by atoms with Crippen LogP contribution in [0.4, 0.5) is 0 Å². The van der Waals surface area contributed by atoms with Gasteiger partial charge in [0.15, 0.2) is 5.78 Å². The molecule has 0 atom stereocenters. The van der Waals surface area contributed by atoms with E-state index in [2.05, 4.69) is 0 Å². The van der Waals surface area contributed by atoms with E-state index in [1.807, 2.05) is 60.6 Å². The van der Waals surface area contributed by atoms with Gasteiger partial charge in [-0.1, -0.05) is 6.07 Å². The monoisotopic (exact) mass is 496 g/mol. The van der Waals surface area contributed by atoms with E-state index in [9.17, 15) is 9.59 Å². The zero-order chi connectivity index (χ0) is 27.3. The molecule has 0 aliphatic heterocycles. The first-order chi connectivity index (χ1) is 16.5. The maximum atomic E-state index is 12.9. The van der Waals surface area contributed by atoms with Crippen molar-refractivity contribution in [3.63, 3.8) is 0 Å². The number of ether oxygens (including phenoxy) is 4. The molecule has 0 bridgehead atoms. The van der Waals surface area contributed by atoms with E-state index in [4.69, 9.17) is 18.9 Å². The minimum absolute atomic E-state index is 0.175. The zero-order valence-corrected chi connectivity index (χ0v) is 23.3. The number of benzene rings is 2. The molecule has 196 valence electrons. The van der Waals surface area contributed by atoms with Crippen LogP contribution in [0.1, 0.15) is 83.8 Å². The summed E-state index contributed by atoms with van der Waals surface area (Å²) in [5, 5.41) is 0. The van der Waals surface area contributed by atoms with E-state index >= 15 is 0 Å². The Bertz CT molecular complexity index is 1090. The number of ketones is 1. The van der Waals surface area contributed by atoms with Gasteiger partial charge < -0.3 is 18.9 Å². The van der Waals surface area contributed by atoms with Gasteiger partial charge in [-0.25, -0.2) is 0 Å². The Morgan fingerprint density at radius 1 is 0.806 bits per heavy atom. The van der Waals surface area contributed by atoms with Crippen LogP contribution in [0.2, 0.25) is 0 Å². The Morgan fingerprint density at radius 3 is 1.92 bits per heavy atom. The third-order valence-corrected chi connectivity index (χ3v) is 4.75. The molecule has 6 heteroatoms. The summed E-state index contributed by atoms with van der Waals surface area (Å²) in [6.07, 6.45) is 3.26. The molecule has 2 rings (SSSR count). The van der Waals surface area contributed by atoms with Crippen LogP contribution in [0.5, 0.6) is 17.2 Å². The van der Waals surface area contributed by atoms with Crippen molar-refractivity contribution in [3.05, 3.63) is 59.2 Å². The number of hydrogen-bond donors (Lipinski definition) is 0. The molecule has 36 heavy (non-hydrogen) atoms. The topological polar surface area (TPSA) is 71.1 Å². The van der Waals surface area contributed by atoms with Gasteiger partial charge in [0.05, 0.1) is 11.0 Å². The molecule has 0 fully saturated rings. The minimum Gasteiger partial charge on any atom is -0.487 e. The van der Waals surface area contributed by atoms with Crippen molar-refractivity contribution in [2.24, 2.45) is 5.41 Å². The minimum atomic E-state index is -0.598. The van der Waals surface area contributed by atoms with Crippen molar-refractivity contribution in [2.75, 3.05) is 6.79 Å². The standard InChI is InChI=1S/C30H40O6/c1-20-11-18-25(35-29(5,6)7)23(26(20)36-30(8,9)10)16-17-24(31)21-12-14-22(15-13-21)33-19-34-27(32)28(2,3)4/h11-18H,19H2,1-10H3/b17-16+. The highest BCUT2D eigenvalue weighted by Gasteiger charge is 2.23. The number of allylic oxidation sites excluding steroid dienone is 1. The molecular formula is C30H40O6. The highest BCUT2D eigenvalue weighted by molar-refractivity contribution is 6.07. The molecule has 6 nitrogen and oxygen atoms in total. The Balaban J connectivity index is 2.23. The fourth-order valence-electron chi connectivity index (χ4n) is 3.05. The van der Waals surface area contributed by atoms with Gasteiger partial charge in [0.25, 0.3) is 0 Å². The summed E-state index contributed by atoms with van der Waals surface area (Å²) >= 11 is 0. The summed E-state index contributed by atoms with van der Waals surface area (Å²) in [6.45, 7) is 19.0. The van der Waals surface area contributed by atoms with Crippen molar-refractivity contribution in [1.82, 2.24) is 0 Å².